The van der Waals surface area contributed by atoms with E-state index in [9.17, 15) is 4.79 Å². The van der Waals surface area contributed by atoms with E-state index in [2.05, 4.69) is 0 Å². The summed E-state index contributed by atoms with van der Waals surface area (Å²) in [7, 11) is 0. The van der Waals surface area contributed by atoms with Crippen molar-refractivity contribution < 1.29 is 15.0 Å². The highest BCUT2D eigenvalue weighted by atomic mass is 16.4. The molecule has 1 aliphatic rings. The summed E-state index contributed by atoms with van der Waals surface area (Å²) in [5.41, 5.74) is 0. The van der Waals surface area contributed by atoms with E-state index in [0.717, 1.165) is 0 Å². The Bertz CT molecular complexity index is 130. The average molecular weight is 130 g/mol. The molecule has 0 saturated heterocycles. The fourth-order valence-corrected chi connectivity index (χ4v) is 1.03. The molecule has 0 amide bonds. The van der Waals surface area contributed by atoms with Crippen molar-refractivity contribution in [2.45, 2.75) is 19.4 Å². The van der Waals surface area contributed by atoms with Crippen molar-refractivity contribution in [2.75, 3.05) is 0 Å². The third-order valence-electron chi connectivity index (χ3n) is 1.78. The van der Waals surface area contributed by atoms with Crippen LogP contribution in [0.15, 0.2) is 0 Å². The zero-order chi connectivity index (χ0) is 7.02. The molecular weight excluding hydrogens is 120 g/mol. The van der Waals surface area contributed by atoms with Gasteiger partial charge in [0.2, 0.25) is 0 Å². The Morgan fingerprint density at radius 1 is 1.78 bits per heavy atom. The number of rotatable bonds is 2. The van der Waals surface area contributed by atoms with Gasteiger partial charge in [-0.15, -0.1) is 0 Å². The van der Waals surface area contributed by atoms with Crippen LogP contribution in [0, 0.1) is 11.8 Å². The number of carboxylic acids is 1. The molecule has 0 radical (unpaired) electrons. The molecule has 1 rings (SSSR count). The molecule has 1 fully saturated rings. The second kappa shape index (κ2) is 1.99. The molecular formula is C6H10O3. The molecule has 3 heteroatoms. The molecule has 0 heterocycles. The second-order valence-corrected chi connectivity index (χ2v) is 2.58. The van der Waals surface area contributed by atoms with Gasteiger partial charge in [0.15, 0.2) is 0 Å². The lowest BCUT2D eigenvalue weighted by Gasteiger charge is -1.97. The van der Waals surface area contributed by atoms with Crippen LogP contribution in [-0.4, -0.2) is 22.3 Å². The van der Waals surface area contributed by atoms with Gasteiger partial charge >= 0.3 is 5.97 Å². The molecule has 3 atom stereocenters. The molecule has 0 spiro atoms. The number of carboxylic acid groups (broad SMARTS) is 1. The van der Waals surface area contributed by atoms with Crippen molar-refractivity contribution in [1.29, 1.82) is 0 Å². The van der Waals surface area contributed by atoms with Gasteiger partial charge in [0.25, 0.3) is 0 Å². The van der Waals surface area contributed by atoms with Crippen molar-refractivity contribution >= 4 is 5.97 Å². The van der Waals surface area contributed by atoms with E-state index in [4.69, 9.17) is 10.2 Å². The second-order valence-electron chi connectivity index (χ2n) is 2.58. The Labute approximate surface area is 53.3 Å². The summed E-state index contributed by atoms with van der Waals surface area (Å²) in [6, 6.07) is 0. The Kier molecular flexibility index (Phi) is 1.45. The maximum atomic E-state index is 10.2. The summed E-state index contributed by atoms with van der Waals surface area (Å²) in [4.78, 5) is 10.2. The lowest BCUT2D eigenvalue weighted by atomic mass is 10.2. The van der Waals surface area contributed by atoms with E-state index < -0.39 is 12.1 Å². The maximum absolute atomic E-state index is 10.2. The van der Waals surface area contributed by atoms with Gasteiger partial charge in [0.1, 0.15) is 0 Å². The van der Waals surface area contributed by atoms with Gasteiger partial charge in [0.05, 0.1) is 12.0 Å². The van der Waals surface area contributed by atoms with E-state index in [1.165, 1.54) is 0 Å². The van der Waals surface area contributed by atoms with Crippen LogP contribution in [0.2, 0.25) is 0 Å². The third kappa shape index (κ3) is 1.21. The summed E-state index contributed by atoms with van der Waals surface area (Å²) < 4.78 is 0. The number of hydrogen-bond donors (Lipinski definition) is 2. The Hall–Kier alpha value is -0.570. The summed E-state index contributed by atoms with van der Waals surface area (Å²) in [5.74, 6) is -1.03. The van der Waals surface area contributed by atoms with Crippen LogP contribution in [0.25, 0.3) is 0 Å². The zero-order valence-corrected chi connectivity index (χ0v) is 5.24. The van der Waals surface area contributed by atoms with Gasteiger partial charge in [-0.2, -0.15) is 0 Å². The standard InChI is InChI=1S/C6H10O3/c1-3(7)4-2-5(4)6(8)9/h3-5,7H,2H2,1H3,(H,8,9). The van der Waals surface area contributed by atoms with Crippen molar-refractivity contribution in [3.63, 3.8) is 0 Å². The number of aliphatic hydroxyl groups excluding tert-OH is 1. The normalized spacial score (nSPS) is 35.8. The van der Waals surface area contributed by atoms with Crippen LogP contribution in [-0.2, 0) is 4.79 Å². The molecule has 9 heavy (non-hydrogen) atoms. The number of hydrogen-bond acceptors (Lipinski definition) is 2. The van der Waals surface area contributed by atoms with Crippen LogP contribution in [0.4, 0.5) is 0 Å². The van der Waals surface area contributed by atoms with Crippen molar-refractivity contribution in [2.24, 2.45) is 11.8 Å². The van der Waals surface area contributed by atoms with Crippen molar-refractivity contribution in [3.8, 4) is 0 Å². The molecule has 1 aliphatic carbocycles. The number of carbonyl (C=O) groups is 1. The summed E-state index contributed by atoms with van der Waals surface area (Å²) in [5, 5.41) is 17.2. The first-order valence-corrected chi connectivity index (χ1v) is 3.04. The minimum atomic E-state index is -0.777. The lowest BCUT2D eigenvalue weighted by Crippen LogP contribution is -2.08. The van der Waals surface area contributed by atoms with Gasteiger partial charge in [-0.25, -0.2) is 0 Å². The van der Waals surface area contributed by atoms with E-state index in [-0.39, 0.29) is 11.8 Å². The van der Waals surface area contributed by atoms with Crippen LogP contribution in [0.3, 0.4) is 0 Å². The smallest absolute Gasteiger partial charge is 0.306 e. The highest BCUT2D eigenvalue weighted by Crippen LogP contribution is 2.40. The van der Waals surface area contributed by atoms with E-state index in [0.29, 0.717) is 6.42 Å². The molecule has 2 N–H and O–H groups in total. The molecule has 3 nitrogen and oxygen atoms in total. The summed E-state index contributed by atoms with van der Waals surface area (Å²) in [6.45, 7) is 1.63. The predicted molar refractivity (Wildman–Crippen MR) is 30.9 cm³/mol. The number of aliphatic carboxylic acids is 1. The van der Waals surface area contributed by atoms with Crippen molar-refractivity contribution in [3.05, 3.63) is 0 Å². The first kappa shape index (κ1) is 6.55. The monoisotopic (exact) mass is 130 g/mol. The molecule has 0 bridgehead atoms. The van der Waals surface area contributed by atoms with Gasteiger partial charge in [-0.1, -0.05) is 0 Å². The highest BCUT2D eigenvalue weighted by molar-refractivity contribution is 5.73. The molecule has 3 unspecified atom stereocenters. The maximum Gasteiger partial charge on any atom is 0.306 e. The summed E-state index contributed by atoms with van der Waals surface area (Å²) >= 11 is 0. The molecule has 0 aliphatic heterocycles. The predicted octanol–water partition coefficient (Wildman–Crippen LogP) is 0.0879. The van der Waals surface area contributed by atoms with E-state index in [1.807, 2.05) is 0 Å². The first-order chi connectivity index (χ1) is 4.13. The molecule has 52 valence electrons. The molecule has 0 aromatic carbocycles. The Morgan fingerprint density at radius 2 is 2.33 bits per heavy atom. The van der Waals surface area contributed by atoms with Crippen LogP contribution in [0.5, 0.6) is 0 Å². The SMILES string of the molecule is CC(O)C1CC1C(=O)O. The topological polar surface area (TPSA) is 57.5 Å². The van der Waals surface area contributed by atoms with Gasteiger partial charge < -0.3 is 10.2 Å². The fourth-order valence-electron chi connectivity index (χ4n) is 1.03. The molecule has 1 saturated carbocycles. The minimum Gasteiger partial charge on any atom is -0.481 e. The summed E-state index contributed by atoms with van der Waals surface area (Å²) in [6.07, 6.45) is 0.193. The zero-order valence-electron chi connectivity index (χ0n) is 5.24. The Balaban J connectivity index is 2.33. The van der Waals surface area contributed by atoms with Crippen LogP contribution in [0.1, 0.15) is 13.3 Å². The van der Waals surface area contributed by atoms with E-state index in [1.54, 1.807) is 6.92 Å². The van der Waals surface area contributed by atoms with E-state index >= 15 is 0 Å². The third-order valence-corrected chi connectivity index (χ3v) is 1.78. The lowest BCUT2D eigenvalue weighted by molar-refractivity contribution is -0.139. The van der Waals surface area contributed by atoms with Crippen LogP contribution < -0.4 is 0 Å². The average Bonchev–Trinajstić information content (AvgIpc) is 2.39. The fraction of sp³-hybridized carbons (Fsp3) is 0.833. The van der Waals surface area contributed by atoms with Crippen LogP contribution >= 0.6 is 0 Å². The quantitative estimate of drug-likeness (QED) is 0.557. The molecule has 0 aromatic heterocycles. The van der Waals surface area contributed by atoms with Gasteiger partial charge in [-0.05, 0) is 19.3 Å². The highest BCUT2D eigenvalue weighted by Gasteiger charge is 2.45. The van der Waals surface area contributed by atoms with Gasteiger partial charge in [0, 0.05) is 0 Å². The largest absolute Gasteiger partial charge is 0.481 e. The van der Waals surface area contributed by atoms with Gasteiger partial charge in [-0.3, -0.25) is 4.79 Å². The minimum absolute atomic E-state index is 0.0162. The van der Waals surface area contributed by atoms with Crippen molar-refractivity contribution in [1.82, 2.24) is 0 Å². The first-order valence-electron chi connectivity index (χ1n) is 3.04. The number of aliphatic hydroxyl groups is 1. The Morgan fingerprint density at radius 3 is 2.44 bits per heavy atom. The molecule has 0 aromatic rings.